The Labute approximate surface area is 165 Å². The first-order valence-corrected chi connectivity index (χ1v) is 9.88. The van der Waals surface area contributed by atoms with Crippen LogP contribution >= 0.6 is 0 Å². The molecule has 0 unspecified atom stereocenters. The van der Waals surface area contributed by atoms with Gasteiger partial charge in [0.25, 0.3) is 0 Å². The average molecular weight is 418 g/mol. The van der Waals surface area contributed by atoms with Crippen molar-refractivity contribution in [1.29, 1.82) is 0 Å². The molecule has 0 aliphatic heterocycles. The van der Waals surface area contributed by atoms with Crippen LogP contribution in [0.1, 0.15) is 11.3 Å². The van der Waals surface area contributed by atoms with Gasteiger partial charge >= 0.3 is 0 Å². The zero-order valence-electron chi connectivity index (χ0n) is 14.9. The fourth-order valence-electron chi connectivity index (χ4n) is 2.35. The Bertz CT molecular complexity index is 1130. The highest BCUT2D eigenvalue weighted by Crippen LogP contribution is 2.14. The molecule has 6 nitrogen and oxygen atoms in total. The Morgan fingerprint density at radius 2 is 1.79 bits per heavy atom. The van der Waals surface area contributed by atoms with Gasteiger partial charge in [0.1, 0.15) is 5.76 Å². The summed E-state index contributed by atoms with van der Waals surface area (Å²) in [5.74, 6) is -2.13. The van der Waals surface area contributed by atoms with Gasteiger partial charge in [-0.25, -0.2) is 21.9 Å². The van der Waals surface area contributed by atoms with Gasteiger partial charge in [0.2, 0.25) is 15.9 Å². The predicted octanol–water partition coefficient (Wildman–Crippen LogP) is 3.69. The van der Waals surface area contributed by atoms with Gasteiger partial charge in [-0.15, -0.1) is 0 Å². The van der Waals surface area contributed by atoms with Crippen LogP contribution in [-0.4, -0.2) is 14.3 Å². The summed E-state index contributed by atoms with van der Waals surface area (Å²) in [6, 6.07) is 12.2. The SMILES string of the molecule is O=C(/C=C/c1ccc(S(=O)(=O)NCc2ccco2)cc1)Nc1ccc(F)c(F)c1. The summed E-state index contributed by atoms with van der Waals surface area (Å²) >= 11 is 0. The van der Waals surface area contributed by atoms with Crippen molar-refractivity contribution in [2.45, 2.75) is 11.4 Å². The van der Waals surface area contributed by atoms with Crippen LogP contribution in [-0.2, 0) is 21.4 Å². The lowest BCUT2D eigenvalue weighted by atomic mass is 10.2. The van der Waals surface area contributed by atoms with Gasteiger partial charge in [-0.1, -0.05) is 12.1 Å². The average Bonchev–Trinajstić information content (AvgIpc) is 3.22. The lowest BCUT2D eigenvalue weighted by Crippen LogP contribution is -2.22. The minimum absolute atomic E-state index is 0.0289. The van der Waals surface area contributed by atoms with Crippen LogP contribution in [0.15, 0.2) is 76.2 Å². The first kappa shape index (κ1) is 20.4. The quantitative estimate of drug-likeness (QED) is 0.573. The van der Waals surface area contributed by atoms with Gasteiger partial charge in [-0.3, -0.25) is 4.79 Å². The van der Waals surface area contributed by atoms with E-state index >= 15 is 0 Å². The molecule has 0 aliphatic carbocycles. The third-order valence-electron chi connectivity index (χ3n) is 3.82. The molecular formula is C20H16F2N2O4S. The molecule has 1 heterocycles. The van der Waals surface area contributed by atoms with Crippen LogP contribution < -0.4 is 10.0 Å². The summed E-state index contributed by atoms with van der Waals surface area (Å²) in [5.41, 5.74) is 0.693. The number of rotatable bonds is 7. The molecule has 0 radical (unpaired) electrons. The molecule has 1 aromatic heterocycles. The Morgan fingerprint density at radius 3 is 2.45 bits per heavy atom. The van der Waals surface area contributed by atoms with Gasteiger partial charge < -0.3 is 9.73 Å². The second kappa shape index (κ2) is 8.80. The van der Waals surface area contributed by atoms with E-state index in [-0.39, 0.29) is 17.1 Å². The van der Waals surface area contributed by atoms with Crippen LogP contribution in [0.25, 0.3) is 6.08 Å². The van der Waals surface area contributed by atoms with Crippen LogP contribution in [0.5, 0.6) is 0 Å². The number of furan rings is 1. The lowest BCUT2D eigenvalue weighted by Gasteiger charge is -2.06. The van der Waals surface area contributed by atoms with Crippen LogP contribution in [0.2, 0.25) is 0 Å². The Balaban J connectivity index is 1.60. The van der Waals surface area contributed by atoms with E-state index in [0.717, 1.165) is 12.1 Å². The molecule has 2 aromatic carbocycles. The highest BCUT2D eigenvalue weighted by atomic mass is 32.2. The summed E-state index contributed by atoms with van der Waals surface area (Å²) in [6.45, 7) is 0.0289. The zero-order valence-corrected chi connectivity index (χ0v) is 15.7. The standard InChI is InChI=1S/C20H16F2N2O4S/c21-18-9-6-15(12-19(18)22)24-20(25)10-5-14-3-7-17(8-4-14)29(26,27)23-13-16-2-1-11-28-16/h1-12,23H,13H2,(H,24,25)/b10-5+. The molecule has 0 spiro atoms. The van der Waals surface area contributed by atoms with Gasteiger partial charge in [-0.05, 0) is 48.0 Å². The number of carbonyl (C=O) groups excluding carboxylic acids is 1. The topological polar surface area (TPSA) is 88.4 Å². The molecule has 29 heavy (non-hydrogen) atoms. The van der Waals surface area contributed by atoms with E-state index in [4.69, 9.17) is 4.42 Å². The van der Waals surface area contributed by atoms with E-state index in [1.807, 2.05) is 0 Å². The predicted molar refractivity (Wildman–Crippen MR) is 103 cm³/mol. The minimum atomic E-state index is -3.71. The fraction of sp³-hybridized carbons (Fsp3) is 0.0500. The molecule has 0 aliphatic rings. The molecule has 3 aromatic rings. The number of halogens is 2. The van der Waals surface area contributed by atoms with Crippen molar-refractivity contribution in [2.75, 3.05) is 5.32 Å². The second-order valence-corrected chi connectivity index (χ2v) is 7.69. The van der Waals surface area contributed by atoms with E-state index in [0.29, 0.717) is 11.3 Å². The highest BCUT2D eigenvalue weighted by Gasteiger charge is 2.14. The van der Waals surface area contributed by atoms with Crippen molar-refractivity contribution in [3.8, 4) is 0 Å². The Hall–Kier alpha value is -3.30. The molecule has 150 valence electrons. The third kappa shape index (κ3) is 5.59. The van der Waals surface area contributed by atoms with E-state index in [9.17, 15) is 22.0 Å². The van der Waals surface area contributed by atoms with Crippen molar-refractivity contribution < 1.29 is 26.4 Å². The maximum absolute atomic E-state index is 13.1. The molecule has 2 N–H and O–H groups in total. The van der Waals surface area contributed by atoms with E-state index in [1.54, 1.807) is 12.1 Å². The summed E-state index contributed by atoms with van der Waals surface area (Å²) in [6.07, 6.45) is 4.11. The molecule has 9 heteroatoms. The van der Waals surface area contributed by atoms with E-state index in [2.05, 4.69) is 10.0 Å². The monoisotopic (exact) mass is 418 g/mol. The highest BCUT2D eigenvalue weighted by molar-refractivity contribution is 7.89. The molecule has 0 saturated carbocycles. The second-order valence-electron chi connectivity index (χ2n) is 5.92. The molecule has 3 rings (SSSR count). The number of amides is 1. The molecule has 0 saturated heterocycles. The molecular weight excluding hydrogens is 402 g/mol. The fourth-order valence-corrected chi connectivity index (χ4v) is 3.34. The number of nitrogens with one attached hydrogen (secondary N) is 2. The van der Waals surface area contributed by atoms with Crippen LogP contribution in [0, 0.1) is 11.6 Å². The van der Waals surface area contributed by atoms with Crippen LogP contribution in [0.4, 0.5) is 14.5 Å². The third-order valence-corrected chi connectivity index (χ3v) is 5.24. The van der Waals surface area contributed by atoms with Gasteiger partial charge in [0.15, 0.2) is 11.6 Å². The maximum atomic E-state index is 13.1. The first-order chi connectivity index (χ1) is 13.8. The molecule has 0 atom stereocenters. The minimum Gasteiger partial charge on any atom is -0.468 e. The van der Waals surface area contributed by atoms with Crippen molar-refractivity contribution in [3.63, 3.8) is 0 Å². The Kier molecular flexibility index (Phi) is 6.20. The molecule has 0 bridgehead atoms. The summed E-state index contributed by atoms with van der Waals surface area (Å²) in [7, 11) is -3.71. The molecule has 1 amide bonds. The van der Waals surface area contributed by atoms with Gasteiger partial charge in [0, 0.05) is 17.8 Å². The number of sulfonamides is 1. The van der Waals surface area contributed by atoms with Crippen molar-refractivity contribution in [3.05, 3.63) is 89.9 Å². The Morgan fingerprint density at radius 1 is 1.03 bits per heavy atom. The number of anilines is 1. The van der Waals surface area contributed by atoms with E-state index < -0.39 is 27.6 Å². The first-order valence-electron chi connectivity index (χ1n) is 8.40. The van der Waals surface area contributed by atoms with Crippen molar-refractivity contribution >= 4 is 27.7 Å². The van der Waals surface area contributed by atoms with Crippen molar-refractivity contribution in [1.82, 2.24) is 4.72 Å². The van der Waals surface area contributed by atoms with Gasteiger partial charge in [-0.2, -0.15) is 0 Å². The number of hydrogen-bond acceptors (Lipinski definition) is 4. The summed E-state index contributed by atoms with van der Waals surface area (Å²) < 4.78 is 58.1. The maximum Gasteiger partial charge on any atom is 0.248 e. The van der Waals surface area contributed by atoms with Crippen LogP contribution in [0.3, 0.4) is 0 Å². The number of carbonyl (C=O) groups is 1. The van der Waals surface area contributed by atoms with Gasteiger partial charge in [0.05, 0.1) is 17.7 Å². The summed E-state index contributed by atoms with van der Waals surface area (Å²) in [4.78, 5) is 11.9. The smallest absolute Gasteiger partial charge is 0.248 e. The largest absolute Gasteiger partial charge is 0.468 e. The van der Waals surface area contributed by atoms with Crippen molar-refractivity contribution in [2.24, 2.45) is 0 Å². The number of benzene rings is 2. The normalized spacial score (nSPS) is 11.7. The molecule has 0 fully saturated rings. The zero-order chi connectivity index (χ0) is 20.9. The summed E-state index contributed by atoms with van der Waals surface area (Å²) in [5, 5.41) is 2.40. The lowest BCUT2D eigenvalue weighted by molar-refractivity contribution is -0.111. The number of hydrogen-bond donors (Lipinski definition) is 2. The van der Waals surface area contributed by atoms with E-state index in [1.165, 1.54) is 48.7 Å².